The first-order valence-electron chi connectivity index (χ1n) is 8.31. The van der Waals surface area contributed by atoms with Gasteiger partial charge in [0, 0.05) is 17.1 Å². The van der Waals surface area contributed by atoms with Gasteiger partial charge in [0.25, 0.3) is 0 Å². The van der Waals surface area contributed by atoms with Gasteiger partial charge in [0.15, 0.2) is 0 Å². The maximum atomic E-state index is 13.3. The van der Waals surface area contributed by atoms with Gasteiger partial charge in [-0.25, -0.2) is 0 Å². The Morgan fingerprint density at radius 2 is 1.38 bits per heavy atom. The maximum Gasteiger partial charge on any atom is 0.417 e. The summed E-state index contributed by atoms with van der Waals surface area (Å²) in [4.78, 5) is 4.52. The molecule has 130 valence electrons. The number of pyridine rings is 1. The quantitative estimate of drug-likeness (QED) is 0.348. The molecule has 0 N–H and O–H groups in total. The highest BCUT2D eigenvalue weighted by atomic mass is 19.4. The van der Waals surface area contributed by atoms with Gasteiger partial charge in [0.1, 0.15) is 0 Å². The van der Waals surface area contributed by atoms with E-state index >= 15 is 0 Å². The molecule has 4 heteroatoms. The number of fused-ring (bicyclic) bond motifs is 3. The van der Waals surface area contributed by atoms with E-state index in [1.54, 1.807) is 30.5 Å². The van der Waals surface area contributed by atoms with E-state index in [1.165, 1.54) is 6.07 Å². The summed E-state index contributed by atoms with van der Waals surface area (Å²) in [6, 6.07) is 15.6. The maximum absolute atomic E-state index is 13.3. The van der Waals surface area contributed by atoms with Crippen LogP contribution < -0.4 is 0 Å². The Bertz CT molecular complexity index is 1120. The average molecular weight is 351 g/mol. The van der Waals surface area contributed by atoms with Gasteiger partial charge >= 0.3 is 6.18 Å². The summed E-state index contributed by atoms with van der Waals surface area (Å²) in [5, 5.41) is 2.43. The molecule has 0 radical (unpaired) electrons. The minimum Gasteiger partial charge on any atom is -0.256 e. The Balaban J connectivity index is 2.06. The molecule has 0 bridgehead atoms. The van der Waals surface area contributed by atoms with Crippen molar-refractivity contribution in [3.05, 3.63) is 77.5 Å². The van der Waals surface area contributed by atoms with Crippen LogP contribution in [-0.2, 0) is 6.18 Å². The summed E-state index contributed by atoms with van der Waals surface area (Å²) in [5.41, 5.74) is 3.40. The molecule has 1 aromatic heterocycles. The van der Waals surface area contributed by atoms with Gasteiger partial charge in [-0.3, -0.25) is 4.98 Å². The smallest absolute Gasteiger partial charge is 0.256 e. The van der Waals surface area contributed by atoms with Crippen molar-refractivity contribution in [2.75, 3.05) is 0 Å². The number of hydrogen-bond donors (Lipinski definition) is 0. The molecule has 4 aromatic rings. The van der Waals surface area contributed by atoms with Gasteiger partial charge in [-0.05, 0) is 54.3 Å². The summed E-state index contributed by atoms with van der Waals surface area (Å²) in [6.45, 7) is 4.04. The molecular formula is C22H16F3N. The van der Waals surface area contributed by atoms with Gasteiger partial charge < -0.3 is 0 Å². The van der Waals surface area contributed by atoms with Crippen LogP contribution in [0.2, 0.25) is 0 Å². The van der Waals surface area contributed by atoms with E-state index in [4.69, 9.17) is 0 Å². The van der Waals surface area contributed by atoms with Crippen molar-refractivity contribution in [1.82, 2.24) is 4.98 Å². The molecule has 26 heavy (non-hydrogen) atoms. The highest BCUT2D eigenvalue weighted by Gasteiger charge is 2.32. The predicted octanol–water partition coefficient (Wildman–Crippen LogP) is 6.69. The van der Waals surface area contributed by atoms with Crippen molar-refractivity contribution in [3.8, 4) is 11.3 Å². The van der Waals surface area contributed by atoms with Crippen LogP contribution in [0.25, 0.3) is 32.8 Å². The summed E-state index contributed by atoms with van der Waals surface area (Å²) in [5.74, 6) is 0. The van der Waals surface area contributed by atoms with Crippen molar-refractivity contribution in [2.24, 2.45) is 0 Å². The minimum absolute atomic E-state index is 0.213. The fourth-order valence-corrected chi connectivity index (χ4v) is 3.61. The topological polar surface area (TPSA) is 12.9 Å². The lowest BCUT2D eigenvalue weighted by Crippen LogP contribution is -2.05. The van der Waals surface area contributed by atoms with Crippen molar-refractivity contribution < 1.29 is 13.2 Å². The zero-order chi connectivity index (χ0) is 18.5. The molecule has 1 nitrogen and oxygen atoms in total. The second-order valence-corrected chi connectivity index (χ2v) is 6.60. The number of alkyl halides is 3. The second kappa shape index (κ2) is 5.84. The van der Waals surface area contributed by atoms with Crippen LogP contribution in [0.1, 0.15) is 16.7 Å². The standard InChI is InChI=1S/C22H16F3N/c1-13-10-14(2)12-15(11-13)21-19-7-6-18-16(17(19)8-9-26-21)4-3-5-20(18)22(23,24)25/h3-12H,1-2H3. The molecule has 0 spiro atoms. The number of hydrogen-bond acceptors (Lipinski definition) is 1. The van der Waals surface area contributed by atoms with Crippen molar-refractivity contribution >= 4 is 21.5 Å². The van der Waals surface area contributed by atoms with E-state index in [0.29, 0.717) is 5.39 Å². The third kappa shape index (κ3) is 2.71. The summed E-state index contributed by atoms with van der Waals surface area (Å²) in [6.07, 6.45) is -2.72. The molecule has 0 saturated heterocycles. The molecule has 4 rings (SSSR count). The first-order valence-corrected chi connectivity index (χ1v) is 8.31. The molecule has 3 aromatic carbocycles. The fraction of sp³-hybridized carbons (Fsp3) is 0.136. The average Bonchev–Trinajstić information content (AvgIpc) is 2.58. The first-order chi connectivity index (χ1) is 12.3. The van der Waals surface area contributed by atoms with Crippen LogP contribution in [0.15, 0.2) is 60.8 Å². The zero-order valence-electron chi connectivity index (χ0n) is 14.4. The second-order valence-electron chi connectivity index (χ2n) is 6.60. The highest BCUT2D eigenvalue weighted by molar-refractivity contribution is 6.12. The third-order valence-electron chi connectivity index (χ3n) is 4.60. The normalized spacial score (nSPS) is 12.0. The molecule has 1 heterocycles. The Kier molecular flexibility index (Phi) is 3.72. The molecular weight excluding hydrogens is 335 g/mol. The Morgan fingerprint density at radius 3 is 2.08 bits per heavy atom. The van der Waals surface area contributed by atoms with Crippen molar-refractivity contribution in [3.63, 3.8) is 0 Å². The van der Waals surface area contributed by atoms with Gasteiger partial charge in [0.05, 0.1) is 11.3 Å². The number of halogens is 3. The van der Waals surface area contributed by atoms with Crippen LogP contribution in [0.3, 0.4) is 0 Å². The number of benzene rings is 3. The molecule has 0 unspecified atom stereocenters. The lowest BCUT2D eigenvalue weighted by molar-refractivity contribution is -0.136. The molecule has 0 aliphatic heterocycles. The number of rotatable bonds is 1. The molecule has 0 aliphatic carbocycles. The van der Waals surface area contributed by atoms with Crippen LogP contribution in [0.5, 0.6) is 0 Å². The van der Waals surface area contributed by atoms with E-state index in [-0.39, 0.29) is 5.39 Å². The monoisotopic (exact) mass is 351 g/mol. The number of aromatic nitrogens is 1. The van der Waals surface area contributed by atoms with E-state index in [2.05, 4.69) is 11.1 Å². The lowest BCUT2D eigenvalue weighted by Gasteiger charge is -2.13. The molecule has 0 amide bonds. The van der Waals surface area contributed by atoms with Crippen LogP contribution in [0.4, 0.5) is 13.2 Å². The van der Waals surface area contributed by atoms with Crippen LogP contribution >= 0.6 is 0 Å². The van der Waals surface area contributed by atoms with Crippen LogP contribution in [-0.4, -0.2) is 4.98 Å². The van der Waals surface area contributed by atoms with Gasteiger partial charge in [0.2, 0.25) is 0 Å². The molecule has 0 saturated carbocycles. The summed E-state index contributed by atoms with van der Waals surface area (Å²) < 4.78 is 40.0. The molecule has 0 fully saturated rings. The number of nitrogens with zero attached hydrogens (tertiary/aromatic N) is 1. The lowest BCUT2D eigenvalue weighted by atomic mass is 9.95. The van der Waals surface area contributed by atoms with Gasteiger partial charge in [-0.2, -0.15) is 13.2 Å². The largest absolute Gasteiger partial charge is 0.417 e. The first kappa shape index (κ1) is 16.6. The summed E-state index contributed by atoms with van der Waals surface area (Å²) in [7, 11) is 0. The summed E-state index contributed by atoms with van der Waals surface area (Å²) >= 11 is 0. The minimum atomic E-state index is -4.38. The van der Waals surface area contributed by atoms with Crippen molar-refractivity contribution in [2.45, 2.75) is 20.0 Å². The Labute approximate surface area is 149 Å². The van der Waals surface area contributed by atoms with E-state index in [0.717, 1.165) is 39.2 Å². The Morgan fingerprint density at radius 1 is 0.731 bits per heavy atom. The van der Waals surface area contributed by atoms with Gasteiger partial charge in [-0.1, -0.05) is 41.5 Å². The van der Waals surface area contributed by atoms with E-state index in [1.807, 2.05) is 26.0 Å². The molecule has 0 atom stereocenters. The SMILES string of the molecule is Cc1cc(C)cc(-c2nccc3c2ccc2c(C(F)(F)F)cccc23)c1. The predicted molar refractivity (Wildman–Crippen MR) is 99.2 cm³/mol. The fourth-order valence-electron chi connectivity index (χ4n) is 3.61. The van der Waals surface area contributed by atoms with Gasteiger partial charge in [-0.15, -0.1) is 0 Å². The zero-order valence-corrected chi connectivity index (χ0v) is 14.4. The highest BCUT2D eigenvalue weighted by Crippen LogP contribution is 2.38. The van der Waals surface area contributed by atoms with E-state index < -0.39 is 11.7 Å². The molecule has 0 aliphatic rings. The van der Waals surface area contributed by atoms with Crippen LogP contribution in [0, 0.1) is 13.8 Å². The Hall–Kier alpha value is -2.88. The van der Waals surface area contributed by atoms with E-state index in [9.17, 15) is 13.2 Å². The third-order valence-corrected chi connectivity index (χ3v) is 4.60. The van der Waals surface area contributed by atoms with Crippen molar-refractivity contribution in [1.29, 1.82) is 0 Å². The number of aryl methyl sites for hydroxylation is 2.